The number of hydrogen-bond acceptors (Lipinski definition) is 4. The summed E-state index contributed by atoms with van der Waals surface area (Å²) in [6, 6.07) is 5.17. The highest BCUT2D eigenvalue weighted by Crippen LogP contribution is 2.22. The highest BCUT2D eigenvalue weighted by molar-refractivity contribution is 6.31. The molecule has 0 saturated heterocycles. The maximum absolute atomic E-state index is 12.0. The van der Waals surface area contributed by atoms with Crippen molar-refractivity contribution >= 4 is 17.6 Å². The van der Waals surface area contributed by atoms with Gasteiger partial charge >= 0.3 is 5.97 Å². The Morgan fingerprint density at radius 1 is 1.38 bits per heavy atom. The van der Waals surface area contributed by atoms with Crippen LogP contribution in [0.4, 0.5) is 0 Å². The smallest absolute Gasteiger partial charge is 0.327 e. The van der Waals surface area contributed by atoms with Gasteiger partial charge in [0.15, 0.2) is 0 Å². The minimum absolute atomic E-state index is 0.297. The van der Waals surface area contributed by atoms with Crippen LogP contribution in [0.15, 0.2) is 18.2 Å². The number of likely N-dealkylation sites (N-methyl/N-ethyl adjacent to an activating group) is 1. The van der Waals surface area contributed by atoms with E-state index in [-0.39, 0.29) is 5.97 Å². The standard InChI is InChI=1S/C16H25ClN2O2/c1-5-19(6-2)10-9-18-15(16(20)21-4)13-8-7-12(3)14(17)11-13/h7-8,11,15,18H,5-6,9-10H2,1-4H3. The monoisotopic (exact) mass is 312 g/mol. The third-order valence-electron chi connectivity index (χ3n) is 3.64. The summed E-state index contributed by atoms with van der Waals surface area (Å²) in [6.45, 7) is 9.79. The van der Waals surface area contributed by atoms with E-state index in [1.807, 2.05) is 25.1 Å². The molecule has 1 atom stereocenters. The third-order valence-corrected chi connectivity index (χ3v) is 4.04. The fourth-order valence-electron chi connectivity index (χ4n) is 2.15. The summed E-state index contributed by atoms with van der Waals surface area (Å²) in [5.74, 6) is -0.297. The van der Waals surface area contributed by atoms with Crippen LogP contribution >= 0.6 is 11.6 Å². The molecule has 0 radical (unpaired) electrons. The van der Waals surface area contributed by atoms with Gasteiger partial charge in [0.05, 0.1) is 7.11 Å². The van der Waals surface area contributed by atoms with E-state index in [1.54, 1.807) is 0 Å². The van der Waals surface area contributed by atoms with Crippen molar-refractivity contribution in [2.45, 2.75) is 26.8 Å². The van der Waals surface area contributed by atoms with Crippen molar-refractivity contribution in [2.24, 2.45) is 0 Å². The van der Waals surface area contributed by atoms with E-state index in [1.165, 1.54) is 7.11 Å². The number of nitrogens with zero attached hydrogens (tertiary/aromatic N) is 1. The number of hydrogen-bond donors (Lipinski definition) is 1. The van der Waals surface area contributed by atoms with Crippen LogP contribution < -0.4 is 5.32 Å². The van der Waals surface area contributed by atoms with Gasteiger partial charge in [-0.2, -0.15) is 0 Å². The molecule has 1 unspecified atom stereocenters. The van der Waals surface area contributed by atoms with E-state index in [9.17, 15) is 4.79 Å². The van der Waals surface area contributed by atoms with Crippen molar-refractivity contribution in [3.8, 4) is 0 Å². The number of aryl methyl sites for hydroxylation is 1. The minimum atomic E-state index is -0.483. The van der Waals surface area contributed by atoms with Crippen LogP contribution in [0.5, 0.6) is 0 Å². The molecule has 0 aliphatic rings. The first-order valence-electron chi connectivity index (χ1n) is 7.33. The number of ether oxygens (including phenoxy) is 1. The molecule has 0 heterocycles. The number of halogens is 1. The van der Waals surface area contributed by atoms with E-state index >= 15 is 0 Å². The van der Waals surface area contributed by atoms with Crippen LogP contribution in [-0.4, -0.2) is 44.2 Å². The topological polar surface area (TPSA) is 41.6 Å². The Labute approximate surface area is 132 Å². The normalized spacial score (nSPS) is 12.5. The Bertz CT molecular complexity index is 462. The van der Waals surface area contributed by atoms with Crippen molar-refractivity contribution in [1.29, 1.82) is 0 Å². The van der Waals surface area contributed by atoms with Crippen LogP contribution in [0.1, 0.15) is 31.0 Å². The third kappa shape index (κ3) is 5.30. The molecule has 1 rings (SSSR count). The summed E-state index contributed by atoms with van der Waals surface area (Å²) in [5, 5.41) is 3.92. The van der Waals surface area contributed by atoms with Crippen molar-refractivity contribution in [3.05, 3.63) is 34.3 Å². The van der Waals surface area contributed by atoms with Crippen molar-refractivity contribution in [3.63, 3.8) is 0 Å². The molecule has 0 saturated carbocycles. The van der Waals surface area contributed by atoms with Gasteiger partial charge < -0.3 is 9.64 Å². The summed E-state index contributed by atoms with van der Waals surface area (Å²) in [6.07, 6.45) is 0. The second kappa shape index (κ2) is 9.03. The summed E-state index contributed by atoms with van der Waals surface area (Å²) in [4.78, 5) is 14.3. The molecule has 0 amide bonds. The maximum Gasteiger partial charge on any atom is 0.327 e. The van der Waals surface area contributed by atoms with Gasteiger partial charge in [0.2, 0.25) is 0 Å². The van der Waals surface area contributed by atoms with E-state index in [0.717, 1.165) is 30.8 Å². The predicted octanol–water partition coefficient (Wildman–Crippen LogP) is 2.79. The quantitative estimate of drug-likeness (QED) is 0.750. The number of benzene rings is 1. The first-order valence-corrected chi connectivity index (χ1v) is 7.70. The number of esters is 1. The largest absolute Gasteiger partial charge is 0.468 e. The van der Waals surface area contributed by atoms with Crippen molar-refractivity contribution < 1.29 is 9.53 Å². The zero-order valence-corrected chi connectivity index (χ0v) is 14.0. The Morgan fingerprint density at radius 2 is 2.05 bits per heavy atom. The van der Waals surface area contributed by atoms with Gasteiger partial charge in [0.1, 0.15) is 6.04 Å². The molecular formula is C16H25ClN2O2. The van der Waals surface area contributed by atoms with Crippen LogP contribution in [-0.2, 0) is 9.53 Å². The number of methoxy groups -OCH3 is 1. The Hall–Kier alpha value is -1.10. The average Bonchev–Trinajstić information content (AvgIpc) is 2.50. The molecule has 0 spiro atoms. The molecule has 0 aliphatic heterocycles. The van der Waals surface area contributed by atoms with Gasteiger partial charge in [-0.1, -0.05) is 37.6 Å². The Balaban J connectivity index is 2.76. The van der Waals surface area contributed by atoms with Crippen molar-refractivity contribution in [1.82, 2.24) is 10.2 Å². The molecule has 1 aromatic carbocycles. The van der Waals surface area contributed by atoms with Gasteiger partial charge in [0, 0.05) is 18.1 Å². The van der Waals surface area contributed by atoms with Crippen LogP contribution in [0.2, 0.25) is 5.02 Å². The highest BCUT2D eigenvalue weighted by atomic mass is 35.5. The fraction of sp³-hybridized carbons (Fsp3) is 0.562. The van der Waals surface area contributed by atoms with Crippen LogP contribution in [0.3, 0.4) is 0 Å². The lowest BCUT2D eigenvalue weighted by Gasteiger charge is -2.21. The summed E-state index contributed by atoms with van der Waals surface area (Å²) in [7, 11) is 1.40. The van der Waals surface area contributed by atoms with Crippen molar-refractivity contribution in [2.75, 3.05) is 33.3 Å². The van der Waals surface area contributed by atoms with E-state index in [4.69, 9.17) is 16.3 Å². The Morgan fingerprint density at radius 3 is 2.57 bits per heavy atom. The summed E-state index contributed by atoms with van der Waals surface area (Å²) < 4.78 is 4.89. The van der Waals surface area contributed by atoms with Gasteiger partial charge in [-0.3, -0.25) is 5.32 Å². The zero-order chi connectivity index (χ0) is 15.8. The number of carbonyl (C=O) groups excluding carboxylic acids is 1. The fourth-order valence-corrected chi connectivity index (χ4v) is 2.34. The molecule has 0 fully saturated rings. The van der Waals surface area contributed by atoms with Gasteiger partial charge in [0.25, 0.3) is 0 Å². The number of rotatable bonds is 8. The lowest BCUT2D eigenvalue weighted by atomic mass is 10.1. The lowest BCUT2D eigenvalue weighted by Crippen LogP contribution is -2.36. The highest BCUT2D eigenvalue weighted by Gasteiger charge is 2.21. The first-order chi connectivity index (χ1) is 10.0. The maximum atomic E-state index is 12.0. The van der Waals surface area contributed by atoms with Gasteiger partial charge in [-0.15, -0.1) is 0 Å². The van der Waals surface area contributed by atoms with Gasteiger partial charge in [-0.25, -0.2) is 4.79 Å². The zero-order valence-electron chi connectivity index (χ0n) is 13.3. The molecule has 1 N–H and O–H groups in total. The summed E-state index contributed by atoms with van der Waals surface area (Å²) >= 11 is 6.15. The lowest BCUT2D eigenvalue weighted by molar-refractivity contribution is -0.143. The van der Waals surface area contributed by atoms with E-state index in [2.05, 4.69) is 24.1 Å². The van der Waals surface area contributed by atoms with Crippen LogP contribution in [0, 0.1) is 6.92 Å². The first kappa shape index (κ1) is 18.0. The molecule has 0 aliphatic carbocycles. The number of carbonyl (C=O) groups is 1. The van der Waals surface area contributed by atoms with E-state index in [0.29, 0.717) is 11.6 Å². The second-order valence-electron chi connectivity index (χ2n) is 4.95. The molecule has 4 nitrogen and oxygen atoms in total. The molecule has 0 aromatic heterocycles. The molecule has 0 bridgehead atoms. The molecule has 118 valence electrons. The Kier molecular flexibility index (Phi) is 7.72. The predicted molar refractivity (Wildman–Crippen MR) is 86.7 cm³/mol. The summed E-state index contributed by atoms with van der Waals surface area (Å²) in [5.41, 5.74) is 1.82. The minimum Gasteiger partial charge on any atom is -0.468 e. The second-order valence-corrected chi connectivity index (χ2v) is 5.35. The molecule has 1 aromatic rings. The number of nitrogens with one attached hydrogen (secondary N) is 1. The average molecular weight is 313 g/mol. The molecule has 5 heteroatoms. The molecule has 21 heavy (non-hydrogen) atoms. The van der Waals surface area contributed by atoms with Gasteiger partial charge in [-0.05, 0) is 37.2 Å². The SMILES string of the molecule is CCN(CC)CCNC(C(=O)OC)c1ccc(C)c(Cl)c1. The van der Waals surface area contributed by atoms with Crippen LogP contribution in [0.25, 0.3) is 0 Å². The van der Waals surface area contributed by atoms with E-state index < -0.39 is 6.04 Å². The molecular weight excluding hydrogens is 288 g/mol.